The highest BCUT2D eigenvalue weighted by Crippen LogP contribution is 2.21. The van der Waals surface area contributed by atoms with Gasteiger partial charge in [-0.2, -0.15) is 0 Å². The maximum atomic E-state index is 13.3. The first-order valence-corrected chi connectivity index (χ1v) is 9.21. The lowest BCUT2D eigenvalue weighted by atomic mass is 10.1. The molecule has 0 radical (unpaired) electrons. The Balaban J connectivity index is 1.77. The molecule has 3 aromatic rings. The lowest BCUT2D eigenvalue weighted by Gasteiger charge is -2.22. The van der Waals surface area contributed by atoms with E-state index in [0.29, 0.717) is 16.3 Å². The number of aryl methyl sites for hydroxylation is 1. The van der Waals surface area contributed by atoms with E-state index in [-0.39, 0.29) is 17.6 Å². The minimum Gasteiger partial charge on any atom is -0.340 e. The summed E-state index contributed by atoms with van der Waals surface area (Å²) in [5.74, 6) is -0.424. The summed E-state index contributed by atoms with van der Waals surface area (Å²) in [6.45, 7) is 1.61. The van der Waals surface area contributed by atoms with Gasteiger partial charge in [0.1, 0.15) is 23.7 Å². The van der Waals surface area contributed by atoms with Crippen LogP contribution in [0.3, 0.4) is 0 Å². The Hall–Kier alpha value is -3.00. The number of thiophene rings is 1. The summed E-state index contributed by atoms with van der Waals surface area (Å²) in [6.07, 6.45) is 3.39. The van der Waals surface area contributed by atoms with Crippen molar-refractivity contribution in [2.75, 3.05) is 0 Å². The summed E-state index contributed by atoms with van der Waals surface area (Å²) in [5.41, 5.74) is 0.691. The van der Waals surface area contributed by atoms with Gasteiger partial charge in [-0.25, -0.2) is 9.37 Å². The monoisotopic (exact) mass is 386 g/mol. The van der Waals surface area contributed by atoms with Gasteiger partial charge in [-0.15, -0.1) is 11.3 Å². The molecule has 3 rings (SSSR count). The topological polar surface area (TPSA) is 76.0 Å². The summed E-state index contributed by atoms with van der Waals surface area (Å²) in [7, 11) is 1.81. The molecule has 2 unspecified atom stereocenters. The van der Waals surface area contributed by atoms with Gasteiger partial charge in [0.25, 0.3) is 5.91 Å². The number of imidazole rings is 1. The second-order valence-corrected chi connectivity index (χ2v) is 7.01. The van der Waals surface area contributed by atoms with Crippen molar-refractivity contribution < 1.29 is 14.0 Å². The van der Waals surface area contributed by atoms with E-state index in [1.807, 2.05) is 7.05 Å². The Morgan fingerprint density at radius 2 is 1.93 bits per heavy atom. The number of halogens is 1. The van der Waals surface area contributed by atoms with Crippen molar-refractivity contribution >= 4 is 23.2 Å². The van der Waals surface area contributed by atoms with Gasteiger partial charge in [0.2, 0.25) is 5.91 Å². The lowest BCUT2D eigenvalue weighted by molar-refractivity contribution is -0.123. The van der Waals surface area contributed by atoms with Crippen molar-refractivity contribution in [3.63, 3.8) is 0 Å². The zero-order valence-corrected chi connectivity index (χ0v) is 15.7. The quantitative estimate of drug-likeness (QED) is 0.684. The predicted octanol–water partition coefficient (Wildman–Crippen LogP) is 2.64. The summed E-state index contributed by atoms with van der Waals surface area (Å²) in [5, 5.41) is 7.37. The molecular weight excluding hydrogens is 367 g/mol. The molecule has 2 atom stereocenters. The number of carbonyl (C=O) groups is 2. The lowest BCUT2D eigenvalue weighted by Crippen LogP contribution is -2.46. The van der Waals surface area contributed by atoms with Crippen LogP contribution < -0.4 is 10.6 Å². The normalized spacial score (nSPS) is 13.0. The van der Waals surface area contributed by atoms with E-state index in [1.54, 1.807) is 53.5 Å². The van der Waals surface area contributed by atoms with Crippen LogP contribution in [-0.4, -0.2) is 27.4 Å². The molecule has 2 aromatic heterocycles. The highest BCUT2D eigenvalue weighted by atomic mass is 32.1. The van der Waals surface area contributed by atoms with E-state index in [9.17, 15) is 14.0 Å². The molecular formula is C19H19FN4O2S. The zero-order valence-electron chi connectivity index (χ0n) is 14.8. The van der Waals surface area contributed by atoms with Crippen molar-refractivity contribution in [1.82, 2.24) is 20.2 Å². The van der Waals surface area contributed by atoms with Gasteiger partial charge in [-0.05, 0) is 36.1 Å². The highest BCUT2D eigenvalue weighted by Gasteiger charge is 2.24. The van der Waals surface area contributed by atoms with Gasteiger partial charge in [0, 0.05) is 19.4 Å². The Bertz CT molecular complexity index is 922. The molecule has 0 bridgehead atoms. The molecule has 0 aliphatic heterocycles. The molecule has 0 aliphatic carbocycles. The molecule has 27 heavy (non-hydrogen) atoms. The maximum absolute atomic E-state index is 13.3. The van der Waals surface area contributed by atoms with Gasteiger partial charge in [0.05, 0.1) is 4.88 Å². The molecule has 2 amide bonds. The third-order valence-electron chi connectivity index (χ3n) is 4.09. The van der Waals surface area contributed by atoms with Crippen molar-refractivity contribution in [1.29, 1.82) is 0 Å². The van der Waals surface area contributed by atoms with Crippen molar-refractivity contribution in [3.8, 4) is 0 Å². The smallest absolute Gasteiger partial charge is 0.261 e. The molecule has 2 heterocycles. The van der Waals surface area contributed by atoms with Crippen LogP contribution >= 0.6 is 11.3 Å². The molecule has 6 nitrogen and oxygen atoms in total. The molecule has 1 aromatic carbocycles. The molecule has 140 valence electrons. The van der Waals surface area contributed by atoms with Gasteiger partial charge < -0.3 is 15.2 Å². The molecule has 0 saturated heterocycles. The Labute approximate surface area is 160 Å². The molecule has 0 spiro atoms. The van der Waals surface area contributed by atoms with E-state index in [2.05, 4.69) is 15.6 Å². The van der Waals surface area contributed by atoms with Crippen LogP contribution in [0, 0.1) is 5.82 Å². The molecule has 0 aliphatic rings. The van der Waals surface area contributed by atoms with Gasteiger partial charge in [-0.1, -0.05) is 18.2 Å². The number of hydrogen-bond donors (Lipinski definition) is 2. The summed E-state index contributed by atoms with van der Waals surface area (Å²) >= 11 is 1.30. The molecule has 8 heteroatoms. The maximum Gasteiger partial charge on any atom is 0.261 e. The van der Waals surface area contributed by atoms with E-state index in [1.165, 1.54) is 23.5 Å². The fourth-order valence-electron chi connectivity index (χ4n) is 2.62. The number of nitrogens with one attached hydrogen (secondary N) is 2. The van der Waals surface area contributed by atoms with Crippen molar-refractivity contribution in [3.05, 3.63) is 76.3 Å². The average Bonchev–Trinajstić information content (AvgIpc) is 3.32. The van der Waals surface area contributed by atoms with E-state index >= 15 is 0 Å². The van der Waals surface area contributed by atoms with Crippen molar-refractivity contribution in [2.24, 2.45) is 7.05 Å². The van der Waals surface area contributed by atoms with Crippen molar-refractivity contribution in [2.45, 2.75) is 19.0 Å². The third-order valence-corrected chi connectivity index (χ3v) is 4.96. The van der Waals surface area contributed by atoms with Gasteiger partial charge in [-0.3, -0.25) is 9.59 Å². The first kappa shape index (κ1) is 18.8. The summed E-state index contributed by atoms with van der Waals surface area (Å²) in [4.78, 5) is 29.7. The minimum atomic E-state index is -0.747. The largest absolute Gasteiger partial charge is 0.340 e. The van der Waals surface area contributed by atoms with Gasteiger partial charge >= 0.3 is 0 Å². The molecule has 2 N–H and O–H groups in total. The van der Waals surface area contributed by atoms with Crippen LogP contribution in [0.2, 0.25) is 0 Å². The second kappa shape index (κ2) is 8.13. The number of amides is 2. The Kier molecular flexibility index (Phi) is 5.66. The standard InChI is InChI=1S/C19H19FN4O2S/c1-12(22-19(26)15-4-3-11-27-15)18(25)23-16(17-21-9-10-24(17)2)13-5-7-14(20)8-6-13/h3-12,16H,1-2H3,(H,22,26)(H,23,25). The Morgan fingerprint density at radius 1 is 1.19 bits per heavy atom. The average molecular weight is 386 g/mol. The number of benzene rings is 1. The second-order valence-electron chi connectivity index (χ2n) is 6.06. The fourth-order valence-corrected chi connectivity index (χ4v) is 3.24. The van der Waals surface area contributed by atoms with Crippen LogP contribution in [0.25, 0.3) is 0 Å². The SMILES string of the molecule is CC(NC(=O)c1cccs1)C(=O)NC(c1ccc(F)cc1)c1nccn1C. The zero-order chi connectivity index (χ0) is 19.4. The highest BCUT2D eigenvalue weighted by molar-refractivity contribution is 7.12. The number of carbonyl (C=O) groups excluding carboxylic acids is 2. The Morgan fingerprint density at radius 3 is 2.52 bits per heavy atom. The summed E-state index contributed by atoms with van der Waals surface area (Å²) < 4.78 is 15.1. The first-order valence-electron chi connectivity index (χ1n) is 8.33. The molecule has 0 saturated carbocycles. The number of rotatable bonds is 6. The van der Waals surface area contributed by atoms with Crippen LogP contribution in [0.1, 0.15) is 34.0 Å². The third kappa shape index (κ3) is 4.40. The fraction of sp³-hybridized carbons (Fsp3) is 0.211. The molecule has 0 fully saturated rings. The van der Waals surface area contributed by atoms with Gasteiger partial charge in [0.15, 0.2) is 0 Å². The van der Waals surface area contributed by atoms with Crippen LogP contribution in [-0.2, 0) is 11.8 Å². The van der Waals surface area contributed by atoms with Crippen LogP contribution in [0.15, 0.2) is 54.2 Å². The first-order chi connectivity index (χ1) is 13.0. The summed E-state index contributed by atoms with van der Waals surface area (Å²) in [6, 6.07) is 8.02. The minimum absolute atomic E-state index is 0.303. The predicted molar refractivity (Wildman–Crippen MR) is 101 cm³/mol. The van der Waals surface area contributed by atoms with E-state index < -0.39 is 12.1 Å². The van der Waals surface area contributed by atoms with E-state index in [4.69, 9.17) is 0 Å². The van der Waals surface area contributed by atoms with Crippen LogP contribution in [0.4, 0.5) is 4.39 Å². The number of aromatic nitrogens is 2. The number of hydrogen-bond acceptors (Lipinski definition) is 4. The number of nitrogens with zero attached hydrogens (tertiary/aromatic N) is 2. The van der Waals surface area contributed by atoms with E-state index in [0.717, 1.165) is 0 Å². The van der Waals surface area contributed by atoms with Crippen LogP contribution in [0.5, 0.6) is 0 Å².